The lowest BCUT2D eigenvalue weighted by atomic mass is 10.2. The molecule has 0 atom stereocenters. The van der Waals surface area contributed by atoms with Crippen LogP contribution in [0.5, 0.6) is 0 Å². The topological polar surface area (TPSA) is 50.3 Å². The highest BCUT2D eigenvalue weighted by molar-refractivity contribution is 7.22. The highest BCUT2D eigenvalue weighted by Gasteiger charge is 2.17. The van der Waals surface area contributed by atoms with Crippen LogP contribution in [0.25, 0.3) is 10.2 Å². The SMILES string of the molecule is Cc1ccc(C(=O)CCC(=O)N(C)c2nc3ccccc3s2)s1. The minimum atomic E-state index is -0.0920. The third kappa shape index (κ3) is 3.48. The molecule has 0 aliphatic rings. The van der Waals surface area contributed by atoms with E-state index in [1.807, 2.05) is 43.3 Å². The molecule has 0 aliphatic carbocycles. The minimum absolute atomic E-state index is 0.0224. The molecule has 0 spiro atoms. The lowest BCUT2D eigenvalue weighted by Crippen LogP contribution is -2.26. The van der Waals surface area contributed by atoms with Crippen molar-refractivity contribution in [3.05, 3.63) is 46.2 Å². The molecule has 2 aromatic heterocycles. The second-order valence-corrected chi connectivity index (χ2v) is 7.55. The van der Waals surface area contributed by atoms with Gasteiger partial charge in [-0.1, -0.05) is 23.5 Å². The first-order valence-corrected chi connectivity index (χ1v) is 8.89. The fourth-order valence-corrected chi connectivity index (χ4v) is 3.99. The number of anilines is 1. The van der Waals surface area contributed by atoms with E-state index in [1.165, 1.54) is 27.6 Å². The van der Waals surface area contributed by atoms with Gasteiger partial charge in [0.25, 0.3) is 0 Å². The average Bonchev–Trinajstić information content (AvgIpc) is 3.17. The first-order valence-electron chi connectivity index (χ1n) is 7.26. The van der Waals surface area contributed by atoms with Crippen molar-refractivity contribution in [2.75, 3.05) is 11.9 Å². The number of carbonyl (C=O) groups excluding carboxylic acids is 2. The number of para-hydroxylation sites is 1. The molecular weight excluding hydrogens is 328 g/mol. The Bertz CT molecular complexity index is 833. The number of aromatic nitrogens is 1. The predicted octanol–water partition coefficient (Wildman–Crippen LogP) is 4.29. The largest absolute Gasteiger partial charge is 0.293 e. The summed E-state index contributed by atoms with van der Waals surface area (Å²) in [6.07, 6.45) is 0.427. The van der Waals surface area contributed by atoms with E-state index < -0.39 is 0 Å². The molecule has 4 nitrogen and oxygen atoms in total. The summed E-state index contributed by atoms with van der Waals surface area (Å²) in [6.45, 7) is 1.97. The summed E-state index contributed by atoms with van der Waals surface area (Å²) < 4.78 is 1.05. The standard InChI is InChI=1S/C17H16N2O2S2/c1-11-7-9-15(22-11)13(20)8-10-16(21)19(2)17-18-12-5-3-4-6-14(12)23-17/h3-7,9H,8,10H2,1-2H3. The number of amides is 1. The summed E-state index contributed by atoms with van der Waals surface area (Å²) in [6, 6.07) is 11.5. The molecule has 0 saturated heterocycles. The lowest BCUT2D eigenvalue weighted by Gasteiger charge is -2.12. The van der Waals surface area contributed by atoms with Crippen LogP contribution in [0, 0.1) is 6.92 Å². The Labute approximate surface area is 142 Å². The average molecular weight is 344 g/mol. The van der Waals surface area contributed by atoms with Gasteiger partial charge in [-0.15, -0.1) is 11.3 Å². The van der Waals surface area contributed by atoms with E-state index in [9.17, 15) is 9.59 Å². The molecule has 0 aliphatic heterocycles. The van der Waals surface area contributed by atoms with Crippen molar-refractivity contribution >= 4 is 49.7 Å². The number of hydrogen-bond donors (Lipinski definition) is 0. The predicted molar refractivity (Wildman–Crippen MR) is 95.7 cm³/mol. The normalized spacial score (nSPS) is 10.9. The number of fused-ring (bicyclic) bond motifs is 1. The molecule has 2 heterocycles. The van der Waals surface area contributed by atoms with Crippen LogP contribution in [0.15, 0.2) is 36.4 Å². The monoisotopic (exact) mass is 344 g/mol. The van der Waals surface area contributed by atoms with Crippen LogP contribution in [-0.4, -0.2) is 23.7 Å². The first kappa shape index (κ1) is 15.8. The van der Waals surface area contributed by atoms with Gasteiger partial charge in [0, 0.05) is 24.8 Å². The van der Waals surface area contributed by atoms with Crippen LogP contribution >= 0.6 is 22.7 Å². The number of aryl methyl sites for hydroxylation is 1. The van der Waals surface area contributed by atoms with E-state index in [0.29, 0.717) is 5.13 Å². The second kappa shape index (κ2) is 6.60. The molecular formula is C17H16N2O2S2. The Hall–Kier alpha value is -2.05. The van der Waals surface area contributed by atoms with Crippen molar-refractivity contribution in [1.82, 2.24) is 4.98 Å². The van der Waals surface area contributed by atoms with Crippen LogP contribution in [0.3, 0.4) is 0 Å². The molecule has 0 saturated carbocycles. The van der Waals surface area contributed by atoms with E-state index >= 15 is 0 Å². The van der Waals surface area contributed by atoms with Gasteiger partial charge >= 0.3 is 0 Å². The number of ketones is 1. The molecule has 3 rings (SSSR count). The van der Waals surface area contributed by atoms with Crippen molar-refractivity contribution in [2.45, 2.75) is 19.8 Å². The van der Waals surface area contributed by atoms with Gasteiger partial charge in [-0.25, -0.2) is 4.98 Å². The van der Waals surface area contributed by atoms with Crippen molar-refractivity contribution in [3.63, 3.8) is 0 Å². The fraction of sp³-hybridized carbons (Fsp3) is 0.235. The zero-order valence-corrected chi connectivity index (χ0v) is 14.5. The zero-order valence-electron chi connectivity index (χ0n) is 12.9. The quantitative estimate of drug-likeness (QED) is 0.649. The summed E-state index contributed by atoms with van der Waals surface area (Å²) in [4.78, 5) is 32.2. The number of rotatable bonds is 5. The van der Waals surface area contributed by atoms with E-state index in [4.69, 9.17) is 0 Å². The molecule has 1 amide bonds. The number of Topliss-reactive ketones (excluding diaryl/α,β-unsaturated/α-hetero) is 1. The number of nitrogens with zero attached hydrogens (tertiary/aromatic N) is 2. The Morgan fingerprint density at radius 1 is 1.09 bits per heavy atom. The van der Waals surface area contributed by atoms with Crippen LogP contribution in [0.1, 0.15) is 27.4 Å². The number of benzene rings is 1. The Morgan fingerprint density at radius 3 is 2.57 bits per heavy atom. The third-order valence-electron chi connectivity index (χ3n) is 3.52. The van der Waals surface area contributed by atoms with Gasteiger partial charge in [-0.05, 0) is 31.2 Å². The van der Waals surface area contributed by atoms with Crippen molar-refractivity contribution in [1.29, 1.82) is 0 Å². The van der Waals surface area contributed by atoms with Crippen LogP contribution in [-0.2, 0) is 4.79 Å². The second-order valence-electron chi connectivity index (χ2n) is 5.25. The van der Waals surface area contributed by atoms with E-state index in [0.717, 1.165) is 20.0 Å². The molecule has 1 aromatic carbocycles. The maximum Gasteiger partial charge on any atom is 0.228 e. The fourth-order valence-electron chi connectivity index (χ4n) is 2.21. The maximum atomic E-state index is 12.3. The van der Waals surface area contributed by atoms with Crippen molar-refractivity contribution in [3.8, 4) is 0 Å². The Kier molecular flexibility index (Phi) is 4.54. The number of carbonyl (C=O) groups is 2. The summed E-state index contributed by atoms with van der Waals surface area (Å²) in [5.41, 5.74) is 0.886. The van der Waals surface area contributed by atoms with E-state index in [2.05, 4.69) is 4.98 Å². The first-order chi connectivity index (χ1) is 11.0. The Balaban J connectivity index is 1.64. The van der Waals surface area contributed by atoms with Gasteiger partial charge < -0.3 is 0 Å². The molecule has 0 fully saturated rings. The number of thiazole rings is 1. The molecule has 0 radical (unpaired) electrons. The molecule has 118 valence electrons. The summed E-state index contributed by atoms with van der Waals surface area (Å²) in [5, 5.41) is 0.663. The van der Waals surface area contributed by atoms with Gasteiger partial charge in [-0.2, -0.15) is 0 Å². The lowest BCUT2D eigenvalue weighted by molar-refractivity contribution is -0.118. The summed E-state index contributed by atoms with van der Waals surface area (Å²) in [7, 11) is 1.71. The minimum Gasteiger partial charge on any atom is -0.293 e. The summed E-state index contributed by atoms with van der Waals surface area (Å²) in [5.74, 6) is -0.0696. The van der Waals surface area contributed by atoms with Crippen LogP contribution in [0.4, 0.5) is 5.13 Å². The summed E-state index contributed by atoms with van der Waals surface area (Å²) >= 11 is 2.95. The molecule has 6 heteroatoms. The van der Waals surface area contributed by atoms with Crippen molar-refractivity contribution < 1.29 is 9.59 Å². The molecule has 0 N–H and O–H groups in total. The van der Waals surface area contributed by atoms with Gasteiger partial charge in [0.1, 0.15) is 0 Å². The van der Waals surface area contributed by atoms with Gasteiger partial charge in [0.05, 0.1) is 15.1 Å². The van der Waals surface area contributed by atoms with Crippen molar-refractivity contribution in [2.24, 2.45) is 0 Å². The Morgan fingerprint density at radius 2 is 1.87 bits per heavy atom. The maximum absolute atomic E-state index is 12.3. The van der Waals surface area contributed by atoms with Gasteiger partial charge in [0.2, 0.25) is 5.91 Å². The molecule has 0 bridgehead atoms. The number of hydrogen-bond acceptors (Lipinski definition) is 5. The van der Waals surface area contributed by atoms with Gasteiger partial charge in [0.15, 0.2) is 10.9 Å². The highest BCUT2D eigenvalue weighted by atomic mass is 32.1. The molecule has 3 aromatic rings. The smallest absolute Gasteiger partial charge is 0.228 e. The van der Waals surface area contributed by atoms with Gasteiger partial charge in [-0.3, -0.25) is 14.5 Å². The number of thiophene rings is 1. The third-order valence-corrected chi connectivity index (χ3v) is 5.68. The van der Waals surface area contributed by atoms with E-state index in [-0.39, 0.29) is 24.5 Å². The molecule has 23 heavy (non-hydrogen) atoms. The van der Waals surface area contributed by atoms with Crippen LogP contribution < -0.4 is 4.90 Å². The van der Waals surface area contributed by atoms with E-state index in [1.54, 1.807) is 7.05 Å². The molecule has 0 unspecified atom stereocenters. The highest BCUT2D eigenvalue weighted by Crippen LogP contribution is 2.28. The van der Waals surface area contributed by atoms with Crippen LogP contribution in [0.2, 0.25) is 0 Å². The zero-order chi connectivity index (χ0) is 16.4.